The van der Waals surface area contributed by atoms with Crippen LogP contribution in [0.3, 0.4) is 0 Å². The summed E-state index contributed by atoms with van der Waals surface area (Å²) >= 11 is 0. The zero-order valence-corrected chi connectivity index (χ0v) is 13.8. The molecule has 1 saturated heterocycles. The fraction of sp³-hybridized carbons (Fsp3) is 0.467. The van der Waals surface area contributed by atoms with Crippen LogP contribution in [-0.4, -0.2) is 55.7 Å². The molecule has 2 N–H and O–H groups in total. The maximum Gasteiger partial charge on any atom is 0.282 e. The van der Waals surface area contributed by atoms with Crippen LogP contribution < -0.4 is 5.32 Å². The van der Waals surface area contributed by atoms with E-state index in [2.05, 4.69) is 16.4 Å². The Labute approximate surface area is 131 Å². The summed E-state index contributed by atoms with van der Waals surface area (Å²) in [7, 11) is 0.286. The average Bonchev–Trinajstić information content (AvgIpc) is 3.01. The van der Waals surface area contributed by atoms with Gasteiger partial charge in [-0.15, -0.1) is 0 Å². The Morgan fingerprint density at radius 1 is 1.32 bits per heavy atom. The van der Waals surface area contributed by atoms with E-state index >= 15 is 0 Å². The third-order valence-electron chi connectivity index (χ3n) is 4.22. The van der Waals surface area contributed by atoms with Crippen LogP contribution >= 0.6 is 0 Å². The third kappa shape index (κ3) is 2.77. The van der Waals surface area contributed by atoms with Crippen LogP contribution in [0.4, 0.5) is 0 Å². The van der Waals surface area contributed by atoms with E-state index in [1.54, 1.807) is 7.05 Å². The number of rotatable bonds is 5. The van der Waals surface area contributed by atoms with Crippen LogP contribution in [0.1, 0.15) is 11.1 Å². The number of fused-ring (bicyclic) bond motifs is 1. The first-order chi connectivity index (χ1) is 10.5. The summed E-state index contributed by atoms with van der Waals surface area (Å²) in [5.74, 6) is 0. The molecule has 0 aliphatic carbocycles. The average molecular weight is 322 g/mol. The number of hydrogen-bond acceptors (Lipinski definition) is 3. The van der Waals surface area contributed by atoms with Gasteiger partial charge in [-0.2, -0.15) is 17.0 Å². The first-order valence-electron chi connectivity index (χ1n) is 7.47. The number of nitrogens with zero attached hydrogens (tertiary/aromatic N) is 2. The van der Waals surface area contributed by atoms with E-state index in [4.69, 9.17) is 0 Å². The molecule has 6 nitrogen and oxygen atoms in total. The largest absolute Gasteiger partial charge is 0.361 e. The van der Waals surface area contributed by atoms with E-state index in [0.29, 0.717) is 19.6 Å². The molecule has 1 aliphatic heterocycles. The highest BCUT2D eigenvalue weighted by molar-refractivity contribution is 7.86. The van der Waals surface area contributed by atoms with Crippen LogP contribution in [0.25, 0.3) is 10.9 Å². The second kappa shape index (κ2) is 6.00. The predicted molar refractivity (Wildman–Crippen MR) is 87.9 cm³/mol. The van der Waals surface area contributed by atoms with Crippen LogP contribution in [-0.2, 0) is 23.2 Å². The summed E-state index contributed by atoms with van der Waals surface area (Å²) < 4.78 is 27.3. The summed E-state index contributed by atoms with van der Waals surface area (Å²) in [4.78, 5) is 3.27. The van der Waals surface area contributed by atoms with E-state index in [1.165, 1.54) is 19.6 Å². The van der Waals surface area contributed by atoms with Crippen LogP contribution in [0.15, 0.2) is 24.4 Å². The molecule has 1 fully saturated rings. The third-order valence-corrected chi connectivity index (χ3v) is 6.15. The fourth-order valence-electron chi connectivity index (χ4n) is 2.83. The molecule has 1 aliphatic rings. The van der Waals surface area contributed by atoms with Crippen molar-refractivity contribution in [3.05, 3.63) is 35.5 Å². The Bertz CT molecular complexity index is 769. The summed E-state index contributed by atoms with van der Waals surface area (Å²) in [5.41, 5.74) is 3.38. The summed E-state index contributed by atoms with van der Waals surface area (Å²) in [6.07, 6.45) is 2.98. The molecule has 2 heterocycles. The normalized spacial score (nSPS) is 19.2. The van der Waals surface area contributed by atoms with Crippen molar-refractivity contribution in [3.8, 4) is 0 Å². The number of hydrogen-bond donors (Lipinski definition) is 2. The second-order valence-corrected chi connectivity index (χ2v) is 7.75. The van der Waals surface area contributed by atoms with Crippen LogP contribution in [0, 0.1) is 0 Å². The van der Waals surface area contributed by atoms with Gasteiger partial charge in [-0.1, -0.05) is 6.07 Å². The Balaban J connectivity index is 1.85. The van der Waals surface area contributed by atoms with Gasteiger partial charge in [-0.25, -0.2) is 0 Å². The lowest BCUT2D eigenvalue weighted by molar-refractivity contribution is 0.445. The maximum absolute atomic E-state index is 12.2. The number of H-pyrrole nitrogens is 1. The highest BCUT2D eigenvalue weighted by atomic mass is 32.2. The van der Waals surface area contributed by atoms with Crippen LogP contribution in [0.2, 0.25) is 0 Å². The van der Waals surface area contributed by atoms with Gasteiger partial charge >= 0.3 is 0 Å². The van der Waals surface area contributed by atoms with Crippen LogP contribution in [0.5, 0.6) is 0 Å². The minimum atomic E-state index is -3.28. The van der Waals surface area contributed by atoms with Crippen molar-refractivity contribution in [2.24, 2.45) is 0 Å². The Kier molecular flexibility index (Phi) is 4.22. The summed E-state index contributed by atoms with van der Waals surface area (Å²) in [5, 5.41) is 4.33. The van der Waals surface area contributed by atoms with E-state index < -0.39 is 10.2 Å². The molecular weight excluding hydrogens is 300 g/mol. The molecule has 0 unspecified atom stereocenters. The molecular formula is C15H22N4O2S. The number of aromatic amines is 1. The van der Waals surface area contributed by atoms with Gasteiger partial charge in [0.15, 0.2) is 0 Å². The highest BCUT2D eigenvalue weighted by Crippen LogP contribution is 2.23. The van der Waals surface area contributed by atoms with Crippen molar-refractivity contribution >= 4 is 21.1 Å². The smallest absolute Gasteiger partial charge is 0.282 e. The lowest BCUT2D eigenvalue weighted by Gasteiger charge is -2.16. The molecule has 1 aromatic carbocycles. The molecule has 7 heteroatoms. The molecule has 0 radical (unpaired) electrons. The van der Waals surface area contributed by atoms with Crippen molar-refractivity contribution < 1.29 is 8.42 Å². The summed E-state index contributed by atoms with van der Waals surface area (Å²) in [6.45, 7) is 2.46. The van der Waals surface area contributed by atoms with Crippen molar-refractivity contribution in [2.45, 2.75) is 13.0 Å². The maximum atomic E-state index is 12.2. The van der Waals surface area contributed by atoms with Crippen molar-refractivity contribution in [1.82, 2.24) is 18.9 Å². The van der Waals surface area contributed by atoms with Crippen molar-refractivity contribution in [1.29, 1.82) is 0 Å². The Morgan fingerprint density at radius 2 is 2.14 bits per heavy atom. The first-order valence-corrected chi connectivity index (χ1v) is 8.87. The monoisotopic (exact) mass is 322 g/mol. The Hall–Kier alpha value is -1.41. The van der Waals surface area contributed by atoms with Crippen molar-refractivity contribution in [3.63, 3.8) is 0 Å². The predicted octanol–water partition coefficient (Wildman–Crippen LogP) is 0.922. The van der Waals surface area contributed by atoms with Gasteiger partial charge < -0.3 is 10.3 Å². The highest BCUT2D eigenvalue weighted by Gasteiger charge is 2.33. The fourth-order valence-corrected chi connectivity index (χ4v) is 4.17. The lowest BCUT2D eigenvalue weighted by atomic mass is 10.1. The van der Waals surface area contributed by atoms with E-state index in [1.807, 2.05) is 25.4 Å². The standard InChI is InChI=1S/C15H22N4O2S/c1-16-6-5-13-10-17-15-4-3-12(9-14(13)15)11-19-8-7-18(2)22(19,20)21/h3-4,9-10,16-17H,5-8,11H2,1-2H3. The molecule has 0 atom stereocenters. The van der Waals surface area contributed by atoms with E-state index in [-0.39, 0.29) is 0 Å². The van der Waals surface area contributed by atoms with Gasteiger partial charge in [0, 0.05) is 43.8 Å². The van der Waals surface area contributed by atoms with Gasteiger partial charge in [0.25, 0.3) is 10.2 Å². The van der Waals surface area contributed by atoms with E-state index in [9.17, 15) is 8.42 Å². The molecule has 3 rings (SSSR count). The second-order valence-electron chi connectivity index (χ2n) is 5.71. The quantitative estimate of drug-likeness (QED) is 0.860. The minimum absolute atomic E-state index is 0.430. The van der Waals surface area contributed by atoms with Crippen molar-refractivity contribution in [2.75, 3.05) is 33.7 Å². The zero-order chi connectivity index (χ0) is 15.7. The molecule has 0 saturated carbocycles. The molecule has 0 amide bonds. The Morgan fingerprint density at radius 3 is 2.82 bits per heavy atom. The molecule has 1 aromatic heterocycles. The van der Waals surface area contributed by atoms with Gasteiger partial charge in [0.1, 0.15) is 0 Å². The molecule has 2 aromatic rings. The zero-order valence-electron chi connectivity index (χ0n) is 13.0. The number of nitrogens with one attached hydrogen (secondary N) is 2. The van der Waals surface area contributed by atoms with Gasteiger partial charge in [-0.05, 0) is 43.3 Å². The molecule has 120 valence electrons. The SMILES string of the molecule is CNCCc1c[nH]c2ccc(CN3CCN(C)S3(=O)=O)cc12. The molecule has 0 bridgehead atoms. The topological polar surface area (TPSA) is 68.4 Å². The lowest BCUT2D eigenvalue weighted by Crippen LogP contribution is -2.30. The molecule has 0 spiro atoms. The number of likely N-dealkylation sites (N-methyl/N-ethyl adjacent to an activating group) is 2. The van der Waals surface area contributed by atoms with Gasteiger partial charge in [0.05, 0.1) is 0 Å². The van der Waals surface area contributed by atoms with Gasteiger partial charge in [0.2, 0.25) is 0 Å². The summed E-state index contributed by atoms with van der Waals surface area (Å²) in [6, 6.07) is 6.12. The number of aromatic nitrogens is 1. The van der Waals surface area contributed by atoms with E-state index in [0.717, 1.165) is 24.0 Å². The minimum Gasteiger partial charge on any atom is -0.361 e. The molecule has 22 heavy (non-hydrogen) atoms. The number of benzene rings is 1. The van der Waals surface area contributed by atoms with Gasteiger partial charge in [-0.3, -0.25) is 0 Å². The first kappa shape index (κ1) is 15.5.